The quantitative estimate of drug-likeness (QED) is 0.904. The van der Waals surface area contributed by atoms with Crippen molar-refractivity contribution in [1.82, 2.24) is 5.32 Å². The third-order valence-corrected chi connectivity index (χ3v) is 3.78. The van der Waals surface area contributed by atoms with E-state index in [1.807, 2.05) is 19.1 Å². The summed E-state index contributed by atoms with van der Waals surface area (Å²) in [6.07, 6.45) is 0.627. The third-order valence-electron chi connectivity index (χ3n) is 3.78. The van der Waals surface area contributed by atoms with Gasteiger partial charge in [-0.05, 0) is 42.4 Å². The van der Waals surface area contributed by atoms with E-state index in [0.717, 1.165) is 24.1 Å². The first kappa shape index (κ1) is 13.9. The highest BCUT2D eigenvalue weighted by atomic mass is 19.1. The van der Waals surface area contributed by atoms with Crippen LogP contribution in [0.3, 0.4) is 0 Å². The molecule has 0 saturated heterocycles. The van der Waals surface area contributed by atoms with Crippen molar-refractivity contribution in [3.05, 3.63) is 59.4 Å². The van der Waals surface area contributed by atoms with Crippen LogP contribution in [0.25, 0.3) is 0 Å². The van der Waals surface area contributed by atoms with Crippen LogP contribution >= 0.6 is 0 Å². The molecule has 4 heteroatoms. The van der Waals surface area contributed by atoms with Crippen LogP contribution in [0.2, 0.25) is 0 Å². The van der Waals surface area contributed by atoms with Crippen molar-refractivity contribution >= 4 is 0 Å². The Kier molecular flexibility index (Phi) is 3.80. The third kappa shape index (κ3) is 2.85. The Labute approximate surface area is 123 Å². The molecule has 0 bridgehead atoms. The first-order valence-electron chi connectivity index (χ1n) is 7.15. The molecule has 21 heavy (non-hydrogen) atoms. The molecule has 0 amide bonds. The first-order valence-corrected chi connectivity index (χ1v) is 7.15. The molecule has 0 saturated carbocycles. The maximum atomic E-state index is 13.5. The molecule has 2 atom stereocenters. The zero-order valence-electron chi connectivity index (χ0n) is 11.8. The fourth-order valence-corrected chi connectivity index (χ4v) is 2.77. The summed E-state index contributed by atoms with van der Waals surface area (Å²) in [4.78, 5) is 0. The van der Waals surface area contributed by atoms with Crippen LogP contribution in [0.15, 0.2) is 42.5 Å². The van der Waals surface area contributed by atoms with Crippen molar-refractivity contribution in [2.24, 2.45) is 0 Å². The van der Waals surface area contributed by atoms with E-state index in [4.69, 9.17) is 4.74 Å². The molecule has 2 unspecified atom stereocenters. The second-order valence-corrected chi connectivity index (χ2v) is 5.23. The number of phenolic OH excluding ortho intramolecular Hbond substituents is 1. The largest absolute Gasteiger partial charge is 0.508 e. The van der Waals surface area contributed by atoms with Crippen LogP contribution in [0.1, 0.15) is 36.6 Å². The van der Waals surface area contributed by atoms with Gasteiger partial charge in [-0.25, -0.2) is 4.39 Å². The predicted molar refractivity (Wildman–Crippen MR) is 78.9 cm³/mol. The van der Waals surface area contributed by atoms with Crippen LogP contribution in [0.5, 0.6) is 11.5 Å². The average molecular weight is 287 g/mol. The maximum Gasteiger partial charge on any atom is 0.126 e. The molecule has 2 N–H and O–H groups in total. The van der Waals surface area contributed by atoms with Gasteiger partial charge >= 0.3 is 0 Å². The summed E-state index contributed by atoms with van der Waals surface area (Å²) in [6, 6.07) is 11.7. The lowest BCUT2D eigenvalue weighted by atomic mass is 9.93. The Morgan fingerprint density at radius 2 is 2.00 bits per heavy atom. The number of rotatable bonds is 3. The summed E-state index contributed by atoms with van der Waals surface area (Å²) in [5.74, 6) is 0.704. The first-order chi connectivity index (χ1) is 10.2. The normalized spacial score (nSPS) is 20.7. The molecule has 2 aromatic rings. The van der Waals surface area contributed by atoms with Gasteiger partial charge in [0.25, 0.3) is 0 Å². The Hall–Kier alpha value is -2.07. The summed E-state index contributed by atoms with van der Waals surface area (Å²) in [5, 5.41) is 12.8. The monoisotopic (exact) mass is 287 g/mol. The van der Waals surface area contributed by atoms with Crippen LogP contribution in [0, 0.1) is 5.82 Å². The zero-order valence-corrected chi connectivity index (χ0v) is 11.8. The lowest BCUT2D eigenvalue weighted by Crippen LogP contribution is -2.29. The molecule has 0 aliphatic carbocycles. The smallest absolute Gasteiger partial charge is 0.126 e. The predicted octanol–water partition coefficient (Wildman–Crippen LogP) is 3.71. The highest BCUT2D eigenvalue weighted by molar-refractivity contribution is 5.40. The minimum Gasteiger partial charge on any atom is -0.508 e. The van der Waals surface area contributed by atoms with Gasteiger partial charge in [0.1, 0.15) is 23.4 Å². The molecule has 1 aliphatic heterocycles. The fraction of sp³-hybridized carbons (Fsp3) is 0.294. The van der Waals surface area contributed by atoms with E-state index < -0.39 is 0 Å². The van der Waals surface area contributed by atoms with Gasteiger partial charge in [-0.3, -0.25) is 0 Å². The Bertz CT molecular complexity index is 627. The topological polar surface area (TPSA) is 41.5 Å². The van der Waals surface area contributed by atoms with Crippen LogP contribution in [-0.4, -0.2) is 11.7 Å². The van der Waals surface area contributed by atoms with Gasteiger partial charge in [-0.1, -0.05) is 19.1 Å². The minimum atomic E-state index is -0.247. The van der Waals surface area contributed by atoms with Gasteiger partial charge in [0, 0.05) is 18.0 Å². The Morgan fingerprint density at radius 1 is 1.24 bits per heavy atom. The SMILES string of the molecule is CCNC1CC(c2ccc(O)cc2)Oc2ccc(F)cc21. The fourth-order valence-electron chi connectivity index (χ4n) is 2.77. The summed E-state index contributed by atoms with van der Waals surface area (Å²) < 4.78 is 19.5. The minimum absolute atomic E-state index is 0.0632. The number of nitrogens with one attached hydrogen (secondary N) is 1. The van der Waals surface area contributed by atoms with E-state index in [1.165, 1.54) is 12.1 Å². The highest BCUT2D eigenvalue weighted by Crippen LogP contribution is 2.41. The number of ether oxygens (including phenoxy) is 1. The number of hydrogen-bond donors (Lipinski definition) is 2. The molecular weight excluding hydrogens is 269 g/mol. The number of phenols is 1. The summed E-state index contributed by atoms with van der Waals surface area (Å²) >= 11 is 0. The molecule has 3 rings (SSSR count). The molecule has 110 valence electrons. The van der Waals surface area contributed by atoms with E-state index >= 15 is 0 Å². The van der Waals surface area contributed by atoms with Crippen molar-refractivity contribution in [3.63, 3.8) is 0 Å². The standard InChI is InChI=1S/C17H18FNO2/c1-2-19-15-10-17(11-3-6-13(20)7-4-11)21-16-8-5-12(18)9-14(15)16/h3-9,15,17,19-20H,2,10H2,1H3. The van der Waals surface area contributed by atoms with Crippen molar-refractivity contribution in [3.8, 4) is 11.5 Å². The van der Waals surface area contributed by atoms with E-state index in [2.05, 4.69) is 5.32 Å². The highest BCUT2D eigenvalue weighted by Gasteiger charge is 2.29. The lowest BCUT2D eigenvalue weighted by Gasteiger charge is -2.33. The molecule has 1 heterocycles. The number of hydrogen-bond acceptors (Lipinski definition) is 3. The van der Waals surface area contributed by atoms with Crippen LogP contribution in [-0.2, 0) is 0 Å². The maximum absolute atomic E-state index is 13.5. The number of aromatic hydroxyl groups is 1. The molecule has 0 fully saturated rings. The lowest BCUT2D eigenvalue weighted by molar-refractivity contribution is 0.151. The van der Waals surface area contributed by atoms with Gasteiger partial charge < -0.3 is 15.2 Å². The van der Waals surface area contributed by atoms with Gasteiger partial charge in [0.05, 0.1) is 0 Å². The van der Waals surface area contributed by atoms with Gasteiger partial charge in [0.15, 0.2) is 0 Å². The molecule has 3 nitrogen and oxygen atoms in total. The molecule has 0 spiro atoms. The Balaban J connectivity index is 1.93. The molecule has 0 aromatic heterocycles. The van der Waals surface area contributed by atoms with Gasteiger partial charge in [-0.15, -0.1) is 0 Å². The number of halogens is 1. The van der Waals surface area contributed by atoms with Crippen molar-refractivity contribution in [1.29, 1.82) is 0 Å². The average Bonchev–Trinajstić information content (AvgIpc) is 2.48. The zero-order chi connectivity index (χ0) is 14.8. The summed E-state index contributed by atoms with van der Waals surface area (Å²) in [6.45, 7) is 2.84. The molecule has 0 radical (unpaired) electrons. The van der Waals surface area contributed by atoms with Crippen LogP contribution < -0.4 is 10.1 Å². The molecule has 2 aromatic carbocycles. The second kappa shape index (κ2) is 5.74. The van der Waals surface area contributed by atoms with Gasteiger partial charge in [-0.2, -0.15) is 0 Å². The summed E-state index contributed by atoms with van der Waals surface area (Å²) in [7, 11) is 0. The van der Waals surface area contributed by atoms with E-state index in [9.17, 15) is 9.50 Å². The van der Waals surface area contributed by atoms with Crippen molar-refractivity contribution in [2.75, 3.05) is 6.54 Å². The number of fused-ring (bicyclic) bond motifs is 1. The number of benzene rings is 2. The Morgan fingerprint density at radius 3 is 2.71 bits per heavy atom. The van der Waals surface area contributed by atoms with E-state index in [1.54, 1.807) is 18.2 Å². The molecular formula is C17H18FNO2. The van der Waals surface area contributed by atoms with Crippen LogP contribution in [0.4, 0.5) is 4.39 Å². The van der Waals surface area contributed by atoms with E-state index in [-0.39, 0.29) is 23.7 Å². The van der Waals surface area contributed by atoms with Crippen molar-refractivity contribution < 1.29 is 14.2 Å². The second-order valence-electron chi connectivity index (χ2n) is 5.23. The molecule has 1 aliphatic rings. The van der Waals surface area contributed by atoms with Crippen molar-refractivity contribution in [2.45, 2.75) is 25.5 Å². The van der Waals surface area contributed by atoms with E-state index in [0.29, 0.717) is 5.75 Å². The summed E-state index contributed by atoms with van der Waals surface area (Å²) in [5.41, 5.74) is 1.87. The van der Waals surface area contributed by atoms with Gasteiger partial charge in [0.2, 0.25) is 0 Å².